The van der Waals surface area contributed by atoms with Crippen LogP contribution in [0.4, 0.5) is 0 Å². The molecule has 0 aliphatic carbocycles. The van der Waals surface area contributed by atoms with Crippen LogP contribution in [-0.2, 0) is 0 Å². The first kappa shape index (κ1) is 12.0. The minimum atomic E-state index is 0.220. The van der Waals surface area contributed by atoms with Crippen LogP contribution < -0.4 is 11.1 Å². The Morgan fingerprint density at radius 1 is 1.50 bits per heavy atom. The van der Waals surface area contributed by atoms with E-state index in [1.165, 1.54) is 0 Å². The minimum Gasteiger partial charge on any atom is -0.327 e. The molecule has 0 aromatic heterocycles. The van der Waals surface area contributed by atoms with Crippen LogP contribution in [0.5, 0.6) is 0 Å². The molecule has 1 heterocycles. The summed E-state index contributed by atoms with van der Waals surface area (Å²) in [5.41, 5.74) is 6.39. The lowest BCUT2D eigenvalue weighted by atomic mass is 9.83. The molecule has 1 saturated heterocycles. The fraction of sp³-hybridized carbons (Fsp3) is 1.00. The lowest BCUT2D eigenvalue weighted by Gasteiger charge is -2.35. The summed E-state index contributed by atoms with van der Waals surface area (Å²) in [6, 6.07) is 0.856. The highest BCUT2D eigenvalue weighted by Crippen LogP contribution is 2.21. The zero-order valence-corrected chi connectivity index (χ0v) is 10.0. The standard InChI is InChI=1S/C11H25N3/c1-11(2,3)10(12)7-9-8-14(4)6-5-13-9/h9-10,13H,5-8,12H2,1-4H3. The van der Waals surface area contributed by atoms with E-state index in [1.54, 1.807) is 0 Å². The highest BCUT2D eigenvalue weighted by atomic mass is 15.2. The molecule has 0 aromatic rings. The van der Waals surface area contributed by atoms with Crippen LogP contribution in [-0.4, -0.2) is 43.7 Å². The molecule has 14 heavy (non-hydrogen) atoms. The zero-order chi connectivity index (χ0) is 10.8. The van der Waals surface area contributed by atoms with Crippen molar-refractivity contribution in [2.24, 2.45) is 11.1 Å². The number of hydrogen-bond donors (Lipinski definition) is 2. The Bertz CT molecular complexity index is 174. The SMILES string of the molecule is CN1CCNC(CC(N)C(C)(C)C)C1. The van der Waals surface area contributed by atoms with Gasteiger partial charge in [0.05, 0.1) is 0 Å². The van der Waals surface area contributed by atoms with Crippen LogP contribution >= 0.6 is 0 Å². The van der Waals surface area contributed by atoms with Crippen LogP contribution in [0.25, 0.3) is 0 Å². The predicted octanol–water partition coefficient (Wildman–Crippen LogP) is 0.653. The molecule has 1 aliphatic rings. The molecule has 0 aromatic carbocycles. The second kappa shape index (κ2) is 4.60. The quantitative estimate of drug-likeness (QED) is 0.686. The smallest absolute Gasteiger partial charge is 0.0210 e. The summed E-state index contributed by atoms with van der Waals surface area (Å²) in [4.78, 5) is 2.37. The van der Waals surface area contributed by atoms with Crippen molar-refractivity contribution in [3.05, 3.63) is 0 Å². The Balaban J connectivity index is 2.36. The Hall–Kier alpha value is -0.120. The Labute approximate surface area is 88.0 Å². The summed E-state index contributed by atoms with van der Waals surface area (Å²) >= 11 is 0. The summed E-state index contributed by atoms with van der Waals surface area (Å²) in [6.07, 6.45) is 1.08. The van der Waals surface area contributed by atoms with Crippen LogP contribution in [0.1, 0.15) is 27.2 Å². The van der Waals surface area contributed by atoms with Crippen molar-refractivity contribution in [3.63, 3.8) is 0 Å². The number of likely N-dealkylation sites (N-methyl/N-ethyl adjacent to an activating group) is 1. The maximum atomic E-state index is 6.17. The van der Waals surface area contributed by atoms with E-state index in [2.05, 4.69) is 38.0 Å². The molecule has 2 atom stereocenters. The molecule has 1 rings (SSSR count). The number of rotatable bonds is 2. The van der Waals surface area contributed by atoms with E-state index < -0.39 is 0 Å². The van der Waals surface area contributed by atoms with E-state index in [1.807, 2.05) is 0 Å². The van der Waals surface area contributed by atoms with Gasteiger partial charge in [0.15, 0.2) is 0 Å². The van der Waals surface area contributed by atoms with Crippen molar-refractivity contribution in [3.8, 4) is 0 Å². The first-order valence-corrected chi connectivity index (χ1v) is 5.57. The summed E-state index contributed by atoms with van der Waals surface area (Å²) in [7, 11) is 2.18. The van der Waals surface area contributed by atoms with Gasteiger partial charge in [0.2, 0.25) is 0 Å². The largest absolute Gasteiger partial charge is 0.327 e. The summed E-state index contributed by atoms with van der Waals surface area (Å²) in [6.45, 7) is 10.0. The van der Waals surface area contributed by atoms with Gasteiger partial charge in [-0.3, -0.25) is 0 Å². The summed E-state index contributed by atoms with van der Waals surface area (Å²) in [5.74, 6) is 0. The third-order valence-corrected chi connectivity index (χ3v) is 3.11. The molecule has 0 spiro atoms. The molecule has 84 valence electrons. The Morgan fingerprint density at radius 2 is 2.14 bits per heavy atom. The highest BCUT2D eigenvalue weighted by molar-refractivity contribution is 4.85. The van der Waals surface area contributed by atoms with Crippen LogP contribution in [0.2, 0.25) is 0 Å². The molecule has 0 amide bonds. The van der Waals surface area contributed by atoms with Crippen LogP contribution in [0.15, 0.2) is 0 Å². The Kier molecular flexibility index (Phi) is 3.93. The molecular weight excluding hydrogens is 174 g/mol. The maximum absolute atomic E-state index is 6.17. The second-order valence-electron chi connectivity index (χ2n) is 5.62. The van der Waals surface area contributed by atoms with Gasteiger partial charge in [-0.15, -0.1) is 0 Å². The van der Waals surface area contributed by atoms with Crippen molar-refractivity contribution in [1.29, 1.82) is 0 Å². The number of piperazine rings is 1. The van der Waals surface area contributed by atoms with E-state index in [-0.39, 0.29) is 11.5 Å². The number of nitrogens with two attached hydrogens (primary N) is 1. The first-order chi connectivity index (χ1) is 6.39. The van der Waals surface area contributed by atoms with Crippen molar-refractivity contribution >= 4 is 0 Å². The number of hydrogen-bond acceptors (Lipinski definition) is 3. The van der Waals surface area contributed by atoms with Gasteiger partial charge in [-0.05, 0) is 18.9 Å². The van der Waals surface area contributed by atoms with Gasteiger partial charge in [0.25, 0.3) is 0 Å². The average molecular weight is 199 g/mol. The van der Waals surface area contributed by atoms with Crippen molar-refractivity contribution < 1.29 is 0 Å². The van der Waals surface area contributed by atoms with Crippen molar-refractivity contribution in [1.82, 2.24) is 10.2 Å². The molecule has 2 unspecified atom stereocenters. The summed E-state index contributed by atoms with van der Waals surface area (Å²) < 4.78 is 0. The molecule has 0 radical (unpaired) electrons. The van der Waals surface area contributed by atoms with E-state index in [0.29, 0.717) is 6.04 Å². The molecule has 3 heteroatoms. The molecule has 1 aliphatic heterocycles. The molecule has 1 fully saturated rings. The van der Waals surface area contributed by atoms with E-state index >= 15 is 0 Å². The highest BCUT2D eigenvalue weighted by Gasteiger charge is 2.25. The average Bonchev–Trinajstić information content (AvgIpc) is 2.02. The van der Waals surface area contributed by atoms with Crippen molar-refractivity contribution in [2.45, 2.75) is 39.3 Å². The fourth-order valence-corrected chi connectivity index (χ4v) is 1.81. The third-order valence-electron chi connectivity index (χ3n) is 3.11. The van der Waals surface area contributed by atoms with Gasteiger partial charge < -0.3 is 16.0 Å². The van der Waals surface area contributed by atoms with E-state index in [9.17, 15) is 0 Å². The lowest BCUT2D eigenvalue weighted by molar-refractivity contribution is 0.200. The molecule has 0 saturated carbocycles. The number of nitrogens with one attached hydrogen (secondary N) is 1. The van der Waals surface area contributed by atoms with Gasteiger partial charge in [0, 0.05) is 31.7 Å². The monoisotopic (exact) mass is 199 g/mol. The first-order valence-electron chi connectivity index (χ1n) is 5.57. The van der Waals surface area contributed by atoms with Crippen LogP contribution in [0, 0.1) is 5.41 Å². The predicted molar refractivity (Wildman–Crippen MR) is 61.3 cm³/mol. The third kappa shape index (κ3) is 3.56. The molecule has 3 nitrogen and oxygen atoms in total. The zero-order valence-electron chi connectivity index (χ0n) is 10.0. The lowest BCUT2D eigenvalue weighted by Crippen LogP contribution is -2.52. The van der Waals surface area contributed by atoms with E-state index in [0.717, 1.165) is 26.1 Å². The van der Waals surface area contributed by atoms with Gasteiger partial charge in [0.1, 0.15) is 0 Å². The van der Waals surface area contributed by atoms with Gasteiger partial charge in [-0.25, -0.2) is 0 Å². The topological polar surface area (TPSA) is 41.3 Å². The second-order valence-corrected chi connectivity index (χ2v) is 5.62. The van der Waals surface area contributed by atoms with Crippen LogP contribution in [0.3, 0.4) is 0 Å². The fourth-order valence-electron chi connectivity index (χ4n) is 1.81. The molecular formula is C11H25N3. The van der Waals surface area contributed by atoms with Gasteiger partial charge >= 0.3 is 0 Å². The maximum Gasteiger partial charge on any atom is 0.0210 e. The number of nitrogens with zero attached hydrogens (tertiary/aromatic N) is 1. The van der Waals surface area contributed by atoms with Gasteiger partial charge in [-0.2, -0.15) is 0 Å². The normalized spacial score (nSPS) is 27.6. The summed E-state index contributed by atoms with van der Waals surface area (Å²) in [5, 5.41) is 3.53. The van der Waals surface area contributed by atoms with E-state index in [4.69, 9.17) is 5.73 Å². The van der Waals surface area contributed by atoms with Crippen molar-refractivity contribution in [2.75, 3.05) is 26.7 Å². The van der Waals surface area contributed by atoms with Gasteiger partial charge in [-0.1, -0.05) is 20.8 Å². The Morgan fingerprint density at radius 3 is 2.64 bits per heavy atom. The molecule has 0 bridgehead atoms. The minimum absolute atomic E-state index is 0.220. The molecule has 3 N–H and O–H groups in total.